The Morgan fingerprint density at radius 1 is 1.00 bits per heavy atom. The molecular formula is C9H19F5Si2. The first-order valence-electron chi connectivity index (χ1n) is 5.71. The molecule has 98 valence electrons. The highest BCUT2D eigenvalue weighted by Crippen LogP contribution is 2.21. The maximum atomic E-state index is 12.8. The number of hydrogen-bond donors (Lipinski definition) is 0. The molecule has 7 heteroatoms. The quantitative estimate of drug-likeness (QED) is 0.259. The van der Waals surface area contributed by atoms with Crippen molar-refractivity contribution in [2.24, 2.45) is 0 Å². The zero-order valence-electron chi connectivity index (χ0n) is 9.55. The van der Waals surface area contributed by atoms with Gasteiger partial charge in [-0.2, -0.15) is 0 Å². The second kappa shape index (κ2) is 7.42. The number of rotatable bonds is 9. The summed E-state index contributed by atoms with van der Waals surface area (Å²) in [4.78, 5) is 0. The third-order valence-corrected chi connectivity index (χ3v) is 5.53. The monoisotopic (exact) mass is 278 g/mol. The van der Waals surface area contributed by atoms with Crippen LogP contribution < -0.4 is 0 Å². The van der Waals surface area contributed by atoms with Gasteiger partial charge in [0.05, 0.1) is 0 Å². The van der Waals surface area contributed by atoms with E-state index in [1.807, 2.05) is 0 Å². The van der Waals surface area contributed by atoms with E-state index in [9.17, 15) is 21.1 Å². The highest BCUT2D eigenvalue weighted by molar-refractivity contribution is 6.58. The minimum absolute atomic E-state index is 0.0983. The van der Waals surface area contributed by atoms with Gasteiger partial charge in [0, 0.05) is 12.5 Å². The molecule has 0 fully saturated rings. The lowest BCUT2D eigenvalue weighted by Gasteiger charge is -2.12. The standard InChI is InChI=1S/C9H19F5Si2/c1-2-9(10,11)15-7-5-3-4-6-8-16(12,13)14/h2-8,15H2,1H3. The van der Waals surface area contributed by atoms with Crippen molar-refractivity contribution in [1.82, 2.24) is 0 Å². The summed E-state index contributed by atoms with van der Waals surface area (Å²) in [5.74, 6) is 0. The average Bonchev–Trinajstić information content (AvgIpc) is 2.14. The van der Waals surface area contributed by atoms with Gasteiger partial charge in [0.1, 0.15) is 9.52 Å². The number of alkyl halides is 2. The Morgan fingerprint density at radius 3 is 2.06 bits per heavy atom. The second-order valence-electron chi connectivity index (χ2n) is 4.09. The molecule has 0 rings (SSSR count). The van der Waals surface area contributed by atoms with E-state index in [1.54, 1.807) is 0 Å². The number of hydrogen-bond acceptors (Lipinski definition) is 0. The molecule has 16 heavy (non-hydrogen) atoms. The van der Waals surface area contributed by atoms with Crippen LogP contribution in [0, 0.1) is 0 Å². The third-order valence-electron chi connectivity index (χ3n) is 2.52. The zero-order chi connectivity index (χ0) is 12.7. The van der Waals surface area contributed by atoms with Crippen molar-refractivity contribution in [1.29, 1.82) is 0 Å². The van der Waals surface area contributed by atoms with Gasteiger partial charge in [0.15, 0.2) is 0 Å². The van der Waals surface area contributed by atoms with Crippen molar-refractivity contribution < 1.29 is 21.1 Å². The molecule has 0 amide bonds. The highest BCUT2D eigenvalue weighted by Gasteiger charge is 2.35. The van der Waals surface area contributed by atoms with Crippen molar-refractivity contribution in [3.63, 3.8) is 0 Å². The zero-order valence-corrected chi connectivity index (χ0v) is 12.0. The molecule has 0 saturated carbocycles. The van der Waals surface area contributed by atoms with Gasteiger partial charge >= 0.3 is 9.08 Å². The van der Waals surface area contributed by atoms with E-state index in [-0.39, 0.29) is 12.8 Å². The molecule has 0 aliphatic rings. The highest BCUT2D eigenvalue weighted by atomic mass is 28.5. The summed E-state index contributed by atoms with van der Waals surface area (Å²) < 4.78 is 61.2. The van der Waals surface area contributed by atoms with Gasteiger partial charge in [-0.3, -0.25) is 0 Å². The van der Waals surface area contributed by atoms with Crippen LogP contribution >= 0.6 is 0 Å². The molecule has 0 atom stereocenters. The first kappa shape index (κ1) is 16.1. The van der Waals surface area contributed by atoms with E-state index in [0.29, 0.717) is 25.3 Å². The molecule has 0 radical (unpaired) electrons. The lowest BCUT2D eigenvalue weighted by molar-refractivity contribution is 0.0861. The first-order chi connectivity index (χ1) is 7.27. The smallest absolute Gasteiger partial charge is 0.238 e. The van der Waals surface area contributed by atoms with Crippen LogP contribution in [0.1, 0.15) is 39.0 Å². The maximum Gasteiger partial charge on any atom is 0.616 e. The van der Waals surface area contributed by atoms with Gasteiger partial charge < -0.3 is 0 Å². The van der Waals surface area contributed by atoms with E-state index < -0.39 is 30.2 Å². The molecule has 0 aromatic rings. The fourth-order valence-electron chi connectivity index (χ4n) is 1.42. The summed E-state index contributed by atoms with van der Waals surface area (Å²) in [5, 5.41) is 0. The molecule has 0 unspecified atom stereocenters. The second-order valence-corrected chi connectivity index (χ2v) is 8.06. The van der Waals surface area contributed by atoms with Crippen LogP contribution in [0.3, 0.4) is 0 Å². The van der Waals surface area contributed by atoms with Gasteiger partial charge in [-0.25, -0.2) is 21.1 Å². The van der Waals surface area contributed by atoms with Gasteiger partial charge in [0.2, 0.25) is 5.55 Å². The maximum absolute atomic E-state index is 12.8. The fraction of sp³-hybridized carbons (Fsp3) is 1.00. The van der Waals surface area contributed by atoms with Crippen LogP contribution in [0.15, 0.2) is 0 Å². The van der Waals surface area contributed by atoms with Crippen LogP contribution in [0.4, 0.5) is 21.1 Å². The summed E-state index contributed by atoms with van der Waals surface area (Å²) in [6, 6.07) is -0.0696. The third kappa shape index (κ3) is 10.6. The molecule has 0 aromatic heterocycles. The minimum Gasteiger partial charge on any atom is -0.238 e. The van der Waals surface area contributed by atoms with E-state index >= 15 is 0 Å². The fourth-order valence-corrected chi connectivity index (χ4v) is 3.54. The molecule has 0 N–H and O–H groups in total. The number of unbranched alkanes of at least 4 members (excludes halogenated alkanes) is 3. The van der Waals surface area contributed by atoms with Crippen LogP contribution in [0.25, 0.3) is 0 Å². The molecule has 0 nitrogen and oxygen atoms in total. The lowest BCUT2D eigenvalue weighted by Crippen LogP contribution is -2.23. The van der Waals surface area contributed by atoms with E-state index in [1.165, 1.54) is 6.92 Å². The Morgan fingerprint density at radius 2 is 1.56 bits per heavy atom. The minimum atomic E-state index is -5.37. The summed E-state index contributed by atoms with van der Waals surface area (Å²) >= 11 is 0. The Balaban J connectivity index is 3.29. The van der Waals surface area contributed by atoms with Crippen molar-refractivity contribution in [3.8, 4) is 0 Å². The molecule has 0 saturated heterocycles. The lowest BCUT2D eigenvalue weighted by atomic mass is 10.2. The topological polar surface area (TPSA) is 0 Å². The van der Waals surface area contributed by atoms with Gasteiger partial charge in [-0.15, -0.1) is 0 Å². The molecule has 0 bridgehead atoms. The Labute approximate surface area is 97.0 Å². The summed E-state index contributed by atoms with van der Waals surface area (Å²) in [6.07, 6.45) is 1.94. The predicted molar refractivity (Wildman–Crippen MR) is 60.9 cm³/mol. The molecule has 0 aliphatic carbocycles. The largest absolute Gasteiger partial charge is 0.616 e. The van der Waals surface area contributed by atoms with Crippen LogP contribution in [0.2, 0.25) is 12.1 Å². The SMILES string of the molecule is CCC(F)(F)[SiH2]CCCCCC[Si](F)(F)F. The van der Waals surface area contributed by atoms with Gasteiger partial charge in [-0.05, 0) is 6.42 Å². The summed E-state index contributed by atoms with van der Waals surface area (Å²) in [7, 11) is -6.74. The van der Waals surface area contributed by atoms with Crippen molar-refractivity contribution in [3.05, 3.63) is 0 Å². The van der Waals surface area contributed by atoms with E-state index in [2.05, 4.69) is 0 Å². The molecule has 0 aromatic carbocycles. The molecule has 0 spiro atoms. The van der Waals surface area contributed by atoms with Crippen molar-refractivity contribution in [2.45, 2.75) is 56.7 Å². The normalized spacial score (nSPS) is 13.9. The Bertz CT molecular complexity index is 181. The van der Waals surface area contributed by atoms with Crippen LogP contribution in [0.5, 0.6) is 0 Å². The van der Waals surface area contributed by atoms with E-state index in [0.717, 1.165) is 0 Å². The molecular weight excluding hydrogens is 259 g/mol. The number of halogens is 5. The summed E-state index contributed by atoms with van der Waals surface area (Å²) in [6.45, 7) is 1.47. The first-order valence-corrected chi connectivity index (χ1v) is 9.26. The van der Waals surface area contributed by atoms with E-state index in [4.69, 9.17) is 0 Å². The average molecular weight is 278 g/mol. The predicted octanol–water partition coefficient (Wildman–Crippen LogP) is 3.98. The van der Waals surface area contributed by atoms with Gasteiger partial charge in [0.25, 0.3) is 0 Å². The van der Waals surface area contributed by atoms with Crippen LogP contribution in [-0.4, -0.2) is 24.1 Å². The Kier molecular flexibility index (Phi) is 7.46. The molecule has 0 heterocycles. The van der Waals surface area contributed by atoms with Crippen molar-refractivity contribution >= 4 is 18.6 Å². The van der Waals surface area contributed by atoms with Crippen molar-refractivity contribution in [2.75, 3.05) is 0 Å². The summed E-state index contributed by atoms with van der Waals surface area (Å²) in [5.41, 5.74) is -2.46. The van der Waals surface area contributed by atoms with Crippen LogP contribution in [-0.2, 0) is 0 Å². The Hall–Kier alpha value is 0.0838. The van der Waals surface area contributed by atoms with Gasteiger partial charge in [-0.1, -0.05) is 32.2 Å². The molecule has 0 aliphatic heterocycles.